The van der Waals surface area contributed by atoms with E-state index in [0.717, 1.165) is 23.0 Å². The zero-order valence-corrected chi connectivity index (χ0v) is 6.86. The standard InChI is InChI=1S/C7H9NOS/c1-3-7(4-9)6(2)10-5-8/h4H,3H2,1-2H3/b7-6-. The number of nitriles is 1. The third-order valence-corrected chi connectivity index (χ3v) is 1.83. The number of allylic oxidation sites excluding steroid dienone is 2. The maximum Gasteiger partial charge on any atom is 0.146 e. The lowest BCUT2D eigenvalue weighted by Gasteiger charge is -1.95. The van der Waals surface area contributed by atoms with Gasteiger partial charge in [-0.1, -0.05) is 6.92 Å². The molecule has 0 atom stereocenters. The Labute approximate surface area is 64.9 Å². The minimum absolute atomic E-state index is 0.698. The number of hydrogen-bond acceptors (Lipinski definition) is 3. The molecule has 0 fully saturated rings. The Morgan fingerprint density at radius 1 is 1.80 bits per heavy atom. The van der Waals surface area contributed by atoms with Crippen LogP contribution in [0.4, 0.5) is 0 Å². The molecule has 0 unspecified atom stereocenters. The molecule has 0 aromatic carbocycles. The van der Waals surface area contributed by atoms with Gasteiger partial charge in [-0.15, -0.1) is 0 Å². The van der Waals surface area contributed by atoms with Crippen LogP contribution in [-0.4, -0.2) is 6.29 Å². The summed E-state index contributed by atoms with van der Waals surface area (Å²) in [4.78, 5) is 11.1. The Hall–Kier alpha value is -0.750. The average molecular weight is 155 g/mol. The summed E-state index contributed by atoms with van der Waals surface area (Å²) in [5, 5.41) is 10.2. The monoisotopic (exact) mass is 155 g/mol. The van der Waals surface area contributed by atoms with Gasteiger partial charge in [0.05, 0.1) is 0 Å². The molecule has 0 amide bonds. The van der Waals surface area contributed by atoms with Crippen LogP contribution >= 0.6 is 11.8 Å². The summed E-state index contributed by atoms with van der Waals surface area (Å²) in [5.41, 5.74) is 0.714. The molecule has 0 heterocycles. The highest BCUT2D eigenvalue weighted by molar-refractivity contribution is 8.07. The molecule has 0 spiro atoms. The maximum atomic E-state index is 10.3. The van der Waals surface area contributed by atoms with Crippen LogP contribution in [0.25, 0.3) is 0 Å². The molecular formula is C7H9NOS. The third-order valence-electron chi connectivity index (χ3n) is 1.17. The van der Waals surface area contributed by atoms with Crippen molar-refractivity contribution in [2.45, 2.75) is 20.3 Å². The fourth-order valence-corrected chi connectivity index (χ4v) is 1.01. The maximum absolute atomic E-state index is 10.3. The van der Waals surface area contributed by atoms with Gasteiger partial charge in [0.15, 0.2) is 0 Å². The highest BCUT2D eigenvalue weighted by atomic mass is 32.2. The molecule has 0 radical (unpaired) electrons. The van der Waals surface area contributed by atoms with E-state index in [1.807, 2.05) is 12.3 Å². The molecule has 0 rings (SSSR count). The number of aldehydes is 1. The van der Waals surface area contributed by atoms with Crippen molar-refractivity contribution in [3.05, 3.63) is 10.5 Å². The van der Waals surface area contributed by atoms with E-state index in [1.165, 1.54) is 0 Å². The molecule has 0 aliphatic heterocycles. The molecular weight excluding hydrogens is 146 g/mol. The second-order valence-corrected chi connectivity index (χ2v) is 2.75. The molecule has 54 valence electrons. The highest BCUT2D eigenvalue weighted by Crippen LogP contribution is 2.17. The van der Waals surface area contributed by atoms with Gasteiger partial charge in [0.1, 0.15) is 11.7 Å². The van der Waals surface area contributed by atoms with Crippen LogP contribution in [-0.2, 0) is 4.79 Å². The number of rotatable bonds is 3. The van der Waals surface area contributed by atoms with Crippen LogP contribution < -0.4 is 0 Å². The zero-order valence-electron chi connectivity index (χ0n) is 6.05. The minimum atomic E-state index is 0.698. The first-order chi connectivity index (χ1) is 4.76. The number of carbonyl (C=O) groups is 1. The predicted octanol–water partition coefficient (Wildman–Crippen LogP) is 2.08. The largest absolute Gasteiger partial charge is 0.298 e. The lowest BCUT2D eigenvalue weighted by Crippen LogP contribution is -1.84. The van der Waals surface area contributed by atoms with Crippen molar-refractivity contribution in [2.75, 3.05) is 0 Å². The SMILES string of the molecule is CC/C(C=O)=C(\C)SC#N. The summed E-state index contributed by atoms with van der Waals surface area (Å²) in [5.74, 6) is 0. The quantitative estimate of drug-likeness (QED) is 0.356. The van der Waals surface area contributed by atoms with Crippen LogP contribution in [0.15, 0.2) is 10.5 Å². The van der Waals surface area contributed by atoms with Crippen molar-refractivity contribution in [1.29, 1.82) is 5.26 Å². The van der Waals surface area contributed by atoms with Gasteiger partial charge >= 0.3 is 0 Å². The van der Waals surface area contributed by atoms with Crippen molar-refractivity contribution in [3.8, 4) is 5.40 Å². The Balaban J connectivity index is 4.30. The van der Waals surface area contributed by atoms with E-state index < -0.39 is 0 Å². The van der Waals surface area contributed by atoms with Gasteiger partial charge in [-0.25, -0.2) is 0 Å². The summed E-state index contributed by atoms with van der Waals surface area (Å²) >= 11 is 1.04. The van der Waals surface area contributed by atoms with E-state index in [-0.39, 0.29) is 0 Å². The Kier molecular flexibility index (Phi) is 4.69. The van der Waals surface area contributed by atoms with Crippen molar-refractivity contribution in [1.82, 2.24) is 0 Å². The van der Waals surface area contributed by atoms with E-state index in [4.69, 9.17) is 5.26 Å². The highest BCUT2D eigenvalue weighted by Gasteiger charge is 1.97. The van der Waals surface area contributed by atoms with E-state index in [9.17, 15) is 4.79 Å². The Bertz CT molecular complexity index is 190. The molecule has 0 saturated carbocycles. The molecule has 0 aromatic rings. The molecule has 2 nitrogen and oxygen atoms in total. The van der Waals surface area contributed by atoms with Gasteiger partial charge in [0, 0.05) is 10.5 Å². The number of hydrogen-bond donors (Lipinski definition) is 0. The van der Waals surface area contributed by atoms with Crippen LogP contribution in [0.5, 0.6) is 0 Å². The fraction of sp³-hybridized carbons (Fsp3) is 0.429. The first kappa shape index (κ1) is 9.25. The summed E-state index contributed by atoms with van der Waals surface area (Å²) in [6, 6.07) is 0. The number of carbonyl (C=O) groups excluding carboxylic acids is 1. The third kappa shape index (κ3) is 2.70. The average Bonchev–Trinajstić information content (AvgIpc) is 1.91. The van der Waals surface area contributed by atoms with Crippen molar-refractivity contribution < 1.29 is 4.79 Å². The van der Waals surface area contributed by atoms with Gasteiger partial charge in [-0.2, -0.15) is 5.26 Å². The summed E-state index contributed by atoms with van der Waals surface area (Å²) in [7, 11) is 0. The second-order valence-electron chi connectivity index (χ2n) is 1.75. The molecule has 3 heteroatoms. The summed E-state index contributed by atoms with van der Waals surface area (Å²) in [6.45, 7) is 3.67. The Morgan fingerprint density at radius 2 is 2.40 bits per heavy atom. The van der Waals surface area contributed by atoms with E-state index >= 15 is 0 Å². The van der Waals surface area contributed by atoms with E-state index in [0.29, 0.717) is 12.0 Å². The van der Waals surface area contributed by atoms with Crippen LogP contribution in [0.1, 0.15) is 20.3 Å². The normalized spacial score (nSPS) is 11.7. The van der Waals surface area contributed by atoms with Gasteiger partial charge in [0.2, 0.25) is 0 Å². The lowest BCUT2D eigenvalue weighted by atomic mass is 10.2. The lowest BCUT2D eigenvalue weighted by molar-refractivity contribution is -0.105. The van der Waals surface area contributed by atoms with Gasteiger partial charge in [-0.3, -0.25) is 4.79 Å². The predicted molar refractivity (Wildman–Crippen MR) is 42.3 cm³/mol. The van der Waals surface area contributed by atoms with Crippen molar-refractivity contribution in [3.63, 3.8) is 0 Å². The second kappa shape index (κ2) is 5.07. The smallest absolute Gasteiger partial charge is 0.146 e. The first-order valence-corrected chi connectivity index (χ1v) is 3.78. The van der Waals surface area contributed by atoms with E-state index in [2.05, 4.69) is 0 Å². The fourth-order valence-electron chi connectivity index (χ4n) is 0.549. The van der Waals surface area contributed by atoms with Crippen LogP contribution in [0.3, 0.4) is 0 Å². The van der Waals surface area contributed by atoms with Crippen LogP contribution in [0, 0.1) is 10.7 Å². The summed E-state index contributed by atoms with van der Waals surface area (Å²) < 4.78 is 0. The molecule has 0 saturated heterocycles. The van der Waals surface area contributed by atoms with Crippen molar-refractivity contribution >= 4 is 18.0 Å². The molecule has 0 N–H and O–H groups in total. The number of nitrogens with zero attached hydrogens (tertiary/aromatic N) is 1. The summed E-state index contributed by atoms with van der Waals surface area (Å²) in [6.07, 6.45) is 1.50. The zero-order chi connectivity index (χ0) is 7.98. The van der Waals surface area contributed by atoms with Gasteiger partial charge in [-0.05, 0) is 25.1 Å². The molecule has 0 aliphatic rings. The molecule has 0 aromatic heterocycles. The van der Waals surface area contributed by atoms with Crippen LogP contribution in [0.2, 0.25) is 0 Å². The molecule has 0 aliphatic carbocycles. The topological polar surface area (TPSA) is 40.9 Å². The van der Waals surface area contributed by atoms with Gasteiger partial charge < -0.3 is 0 Å². The first-order valence-electron chi connectivity index (χ1n) is 2.97. The molecule has 10 heavy (non-hydrogen) atoms. The van der Waals surface area contributed by atoms with Crippen molar-refractivity contribution in [2.24, 2.45) is 0 Å². The minimum Gasteiger partial charge on any atom is -0.298 e. The van der Waals surface area contributed by atoms with Gasteiger partial charge in [0.25, 0.3) is 0 Å². The Morgan fingerprint density at radius 3 is 2.70 bits per heavy atom. The number of thiocyanates is 1. The van der Waals surface area contributed by atoms with E-state index in [1.54, 1.807) is 6.92 Å². The molecule has 0 bridgehead atoms. The number of thioether (sulfide) groups is 1.